The average Bonchev–Trinajstić information content (AvgIpc) is 3.20. The van der Waals surface area contributed by atoms with Gasteiger partial charge in [0.1, 0.15) is 11.6 Å². The predicted octanol–water partition coefficient (Wildman–Crippen LogP) is 2.94. The highest BCUT2D eigenvalue weighted by Gasteiger charge is 2.13. The van der Waals surface area contributed by atoms with Crippen LogP contribution >= 0.6 is 0 Å². The lowest BCUT2D eigenvalue weighted by atomic mass is 10.1. The Labute approximate surface area is 149 Å². The number of anilines is 1. The molecule has 2 aromatic rings. The van der Waals surface area contributed by atoms with Gasteiger partial charge in [0.25, 0.3) is 0 Å². The maximum absolute atomic E-state index is 12.0. The quantitative estimate of drug-likeness (QED) is 0.843. The average molecular weight is 339 g/mol. The standard InChI is InChI=1S/C20H25N3O2/c1-25-18-6-4-5-16(13-18)8-10-20(24)22-15-17-7-9-19(21-14-17)23-11-2-3-12-23/h4-7,9,13-14H,2-3,8,10-12,15H2,1H3,(H,22,24). The van der Waals surface area contributed by atoms with Gasteiger partial charge in [0.2, 0.25) is 5.91 Å². The van der Waals surface area contributed by atoms with Crippen LogP contribution in [0.1, 0.15) is 30.4 Å². The number of nitrogens with one attached hydrogen (secondary N) is 1. The first kappa shape index (κ1) is 17.3. The molecule has 3 rings (SSSR count). The van der Waals surface area contributed by atoms with Crippen LogP contribution in [-0.2, 0) is 17.8 Å². The molecule has 1 saturated heterocycles. The number of hydrogen-bond donors (Lipinski definition) is 1. The number of aryl methyl sites for hydroxylation is 1. The Balaban J connectivity index is 1.43. The molecule has 1 amide bonds. The summed E-state index contributed by atoms with van der Waals surface area (Å²) in [6.45, 7) is 2.70. The molecule has 0 radical (unpaired) electrons. The lowest BCUT2D eigenvalue weighted by Crippen LogP contribution is -2.23. The third-order valence-corrected chi connectivity index (χ3v) is 4.50. The summed E-state index contributed by atoms with van der Waals surface area (Å²) in [7, 11) is 1.65. The molecule has 0 aliphatic carbocycles. The molecule has 5 nitrogen and oxygen atoms in total. The lowest BCUT2D eigenvalue weighted by molar-refractivity contribution is -0.121. The first-order valence-electron chi connectivity index (χ1n) is 8.84. The molecule has 1 aliphatic heterocycles. The van der Waals surface area contributed by atoms with Crippen LogP contribution in [-0.4, -0.2) is 31.1 Å². The van der Waals surface area contributed by atoms with Crippen LogP contribution in [0.5, 0.6) is 5.75 Å². The number of benzene rings is 1. The van der Waals surface area contributed by atoms with Gasteiger partial charge in [-0.3, -0.25) is 4.79 Å². The fourth-order valence-electron chi connectivity index (χ4n) is 3.03. The van der Waals surface area contributed by atoms with Crippen molar-refractivity contribution in [2.24, 2.45) is 0 Å². The lowest BCUT2D eigenvalue weighted by Gasteiger charge is -2.16. The van der Waals surface area contributed by atoms with E-state index < -0.39 is 0 Å². The zero-order valence-electron chi connectivity index (χ0n) is 14.7. The summed E-state index contributed by atoms with van der Waals surface area (Å²) in [4.78, 5) is 18.9. The van der Waals surface area contributed by atoms with Gasteiger partial charge >= 0.3 is 0 Å². The van der Waals surface area contributed by atoms with Crippen LogP contribution < -0.4 is 15.0 Å². The highest BCUT2D eigenvalue weighted by Crippen LogP contribution is 2.17. The van der Waals surface area contributed by atoms with E-state index in [2.05, 4.69) is 15.2 Å². The Morgan fingerprint density at radius 2 is 2.04 bits per heavy atom. The minimum Gasteiger partial charge on any atom is -0.497 e. The number of aromatic nitrogens is 1. The molecule has 0 unspecified atom stereocenters. The number of pyridine rings is 1. The number of methoxy groups -OCH3 is 1. The van der Waals surface area contributed by atoms with E-state index in [0.717, 1.165) is 35.8 Å². The van der Waals surface area contributed by atoms with Crippen LogP contribution in [0.25, 0.3) is 0 Å². The second kappa shape index (κ2) is 8.51. The molecule has 0 atom stereocenters. The summed E-state index contributed by atoms with van der Waals surface area (Å²) in [6.07, 6.45) is 5.51. The van der Waals surface area contributed by atoms with Crippen molar-refractivity contribution in [3.63, 3.8) is 0 Å². The van der Waals surface area contributed by atoms with Gasteiger partial charge in [0, 0.05) is 32.3 Å². The van der Waals surface area contributed by atoms with E-state index in [4.69, 9.17) is 4.74 Å². The monoisotopic (exact) mass is 339 g/mol. The van der Waals surface area contributed by atoms with Gasteiger partial charge in [-0.2, -0.15) is 0 Å². The normalized spacial score (nSPS) is 13.7. The molecule has 0 spiro atoms. The minimum atomic E-state index is 0.0476. The summed E-state index contributed by atoms with van der Waals surface area (Å²) in [5.74, 6) is 1.90. The third-order valence-electron chi connectivity index (χ3n) is 4.50. The molecule has 2 heterocycles. The number of rotatable bonds is 7. The SMILES string of the molecule is COc1cccc(CCC(=O)NCc2ccc(N3CCCC3)nc2)c1. The Morgan fingerprint density at radius 1 is 1.20 bits per heavy atom. The van der Waals surface area contributed by atoms with Crippen molar-refractivity contribution in [1.82, 2.24) is 10.3 Å². The number of ether oxygens (including phenoxy) is 1. The van der Waals surface area contributed by atoms with E-state index in [1.165, 1.54) is 12.8 Å². The van der Waals surface area contributed by atoms with Gasteiger partial charge < -0.3 is 15.0 Å². The number of amides is 1. The Kier molecular flexibility index (Phi) is 5.88. The van der Waals surface area contributed by atoms with Gasteiger partial charge in [-0.1, -0.05) is 18.2 Å². The molecule has 0 bridgehead atoms. The first-order chi connectivity index (χ1) is 12.2. The maximum atomic E-state index is 12.0. The first-order valence-corrected chi connectivity index (χ1v) is 8.84. The van der Waals surface area contributed by atoms with Crippen molar-refractivity contribution in [1.29, 1.82) is 0 Å². The van der Waals surface area contributed by atoms with E-state index in [-0.39, 0.29) is 5.91 Å². The summed E-state index contributed by atoms with van der Waals surface area (Å²) in [5.41, 5.74) is 2.13. The molecule has 1 aliphatic rings. The van der Waals surface area contributed by atoms with Gasteiger partial charge in [0.05, 0.1) is 7.11 Å². The summed E-state index contributed by atoms with van der Waals surface area (Å²) < 4.78 is 5.20. The second-order valence-electron chi connectivity index (χ2n) is 6.35. The van der Waals surface area contributed by atoms with Gasteiger partial charge in [-0.15, -0.1) is 0 Å². The maximum Gasteiger partial charge on any atom is 0.220 e. The Morgan fingerprint density at radius 3 is 2.76 bits per heavy atom. The molecule has 132 valence electrons. The molecule has 25 heavy (non-hydrogen) atoms. The molecule has 0 saturated carbocycles. The van der Waals surface area contributed by atoms with Crippen molar-refractivity contribution < 1.29 is 9.53 Å². The van der Waals surface area contributed by atoms with Gasteiger partial charge in [0.15, 0.2) is 0 Å². The van der Waals surface area contributed by atoms with E-state index >= 15 is 0 Å². The summed E-state index contributed by atoms with van der Waals surface area (Å²) in [5, 5.41) is 2.96. The van der Waals surface area contributed by atoms with E-state index in [9.17, 15) is 4.79 Å². The van der Waals surface area contributed by atoms with E-state index in [0.29, 0.717) is 19.4 Å². The Hall–Kier alpha value is -2.56. The van der Waals surface area contributed by atoms with Crippen molar-refractivity contribution in [2.45, 2.75) is 32.2 Å². The van der Waals surface area contributed by atoms with Crippen molar-refractivity contribution >= 4 is 11.7 Å². The topological polar surface area (TPSA) is 54.5 Å². The molecule has 1 N–H and O–H groups in total. The van der Waals surface area contributed by atoms with Crippen LogP contribution in [0.4, 0.5) is 5.82 Å². The molecule has 1 fully saturated rings. The van der Waals surface area contributed by atoms with Crippen molar-refractivity contribution in [3.8, 4) is 5.75 Å². The molecule has 5 heteroatoms. The van der Waals surface area contributed by atoms with Crippen LogP contribution in [0, 0.1) is 0 Å². The fourth-order valence-corrected chi connectivity index (χ4v) is 3.03. The predicted molar refractivity (Wildman–Crippen MR) is 98.8 cm³/mol. The van der Waals surface area contributed by atoms with Gasteiger partial charge in [-0.05, 0) is 48.6 Å². The van der Waals surface area contributed by atoms with Crippen LogP contribution in [0.3, 0.4) is 0 Å². The van der Waals surface area contributed by atoms with Crippen LogP contribution in [0.15, 0.2) is 42.6 Å². The largest absolute Gasteiger partial charge is 0.497 e. The molecular formula is C20H25N3O2. The highest BCUT2D eigenvalue weighted by molar-refractivity contribution is 5.76. The third kappa shape index (κ3) is 4.95. The number of nitrogens with zero attached hydrogens (tertiary/aromatic N) is 2. The van der Waals surface area contributed by atoms with Crippen molar-refractivity contribution in [3.05, 3.63) is 53.7 Å². The Bertz CT molecular complexity index is 694. The molecular weight excluding hydrogens is 314 g/mol. The van der Waals surface area contributed by atoms with Gasteiger partial charge in [-0.25, -0.2) is 4.98 Å². The summed E-state index contributed by atoms with van der Waals surface area (Å²) >= 11 is 0. The fraction of sp³-hybridized carbons (Fsp3) is 0.400. The van der Waals surface area contributed by atoms with E-state index in [1.54, 1.807) is 7.11 Å². The second-order valence-corrected chi connectivity index (χ2v) is 6.35. The van der Waals surface area contributed by atoms with Crippen LogP contribution in [0.2, 0.25) is 0 Å². The number of carbonyl (C=O) groups excluding carboxylic acids is 1. The smallest absolute Gasteiger partial charge is 0.220 e. The number of carbonyl (C=O) groups is 1. The number of hydrogen-bond acceptors (Lipinski definition) is 4. The molecule has 1 aromatic heterocycles. The summed E-state index contributed by atoms with van der Waals surface area (Å²) in [6, 6.07) is 11.9. The molecule has 1 aromatic carbocycles. The minimum absolute atomic E-state index is 0.0476. The zero-order chi connectivity index (χ0) is 17.5. The highest BCUT2D eigenvalue weighted by atomic mass is 16.5. The zero-order valence-corrected chi connectivity index (χ0v) is 14.7. The van der Waals surface area contributed by atoms with E-state index in [1.807, 2.05) is 42.6 Å². The van der Waals surface area contributed by atoms with Crippen molar-refractivity contribution in [2.75, 3.05) is 25.1 Å².